The van der Waals surface area contributed by atoms with E-state index in [0.717, 1.165) is 22.3 Å². The highest BCUT2D eigenvalue weighted by atomic mass is 35.5. The Balaban J connectivity index is 1.95. The largest absolute Gasteiger partial charge is 0.355 e. The zero-order chi connectivity index (χ0) is 23.8. The number of rotatable bonds is 9. The van der Waals surface area contributed by atoms with E-state index in [1.165, 1.54) is 5.56 Å². The van der Waals surface area contributed by atoms with Crippen molar-refractivity contribution in [3.05, 3.63) is 106 Å². The number of hydrogen-bond acceptors (Lipinski definition) is 2. The maximum atomic E-state index is 13.6. The van der Waals surface area contributed by atoms with Crippen LogP contribution in [-0.2, 0) is 29.0 Å². The van der Waals surface area contributed by atoms with Crippen molar-refractivity contribution in [3.63, 3.8) is 0 Å². The van der Waals surface area contributed by atoms with Gasteiger partial charge >= 0.3 is 0 Å². The van der Waals surface area contributed by atoms with Crippen LogP contribution < -0.4 is 5.32 Å². The Labute approximate surface area is 201 Å². The Bertz CT molecular complexity index is 1080. The van der Waals surface area contributed by atoms with Crippen LogP contribution in [0, 0.1) is 13.8 Å². The average molecular weight is 463 g/mol. The van der Waals surface area contributed by atoms with Gasteiger partial charge in [-0.2, -0.15) is 0 Å². The van der Waals surface area contributed by atoms with Crippen LogP contribution in [0.3, 0.4) is 0 Å². The fourth-order valence-electron chi connectivity index (χ4n) is 3.82. The van der Waals surface area contributed by atoms with Gasteiger partial charge in [0.1, 0.15) is 6.04 Å². The van der Waals surface area contributed by atoms with Gasteiger partial charge in [-0.05, 0) is 60.7 Å². The third kappa shape index (κ3) is 6.93. The van der Waals surface area contributed by atoms with Crippen LogP contribution in [0.25, 0.3) is 0 Å². The lowest BCUT2D eigenvalue weighted by molar-refractivity contribution is -0.140. The number of carbonyl (C=O) groups excluding carboxylic acids is 2. The van der Waals surface area contributed by atoms with Crippen molar-refractivity contribution in [1.29, 1.82) is 0 Å². The van der Waals surface area contributed by atoms with Crippen molar-refractivity contribution in [2.45, 2.75) is 46.2 Å². The molecule has 172 valence electrons. The topological polar surface area (TPSA) is 49.4 Å². The first-order valence-electron chi connectivity index (χ1n) is 11.3. The summed E-state index contributed by atoms with van der Waals surface area (Å²) in [4.78, 5) is 28.5. The predicted molar refractivity (Wildman–Crippen MR) is 134 cm³/mol. The highest BCUT2D eigenvalue weighted by Gasteiger charge is 2.30. The fourth-order valence-corrected chi connectivity index (χ4v) is 3.95. The maximum absolute atomic E-state index is 13.6. The minimum absolute atomic E-state index is 0.0830. The fraction of sp³-hybridized carbons (Fsp3) is 0.286. The summed E-state index contributed by atoms with van der Waals surface area (Å²) in [5, 5.41) is 3.56. The van der Waals surface area contributed by atoms with Gasteiger partial charge in [-0.3, -0.25) is 9.59 Å². The third-order valence-corrected chi connectivity index (χ3v) is 6.07. The number of aryl methyl sites for hydroxylation is 2. The van der Waals surface area contributed by atoms with E-state index in [1.807, 2.05) is 74.5 Å². The summed E-state index contributed by atoms with van der Waals surface area (Å²) in [5.74, 6) is -0.232. The van der Waals surface area contributed by atoms with Crippen molar-refractivity contribution < 1.29 is 9.59 Å². The molecular formula is C28H31ClN2O2. The molecule has 0 fully saturated rings. The number of hydrogen-bond donors (Lipinski definition) is 1. The molecule has 5 heteroatoms. The van der Waals surface area contributed by atoms with Gasteiger partial charge in [0.25, 0.3) is 0 Å². The second-order valence-electron chi connectivity index (χ2n) is 8.34. The molecule has 0 spiro atoms. The summed E-state index contributed by atoms with van der Waals surface area (Å²) in [6, 6.07) is 22.7. The molecule has 4 nitrogen and oxygen atoms in total. The molecule has 0 saturated carbocycles. The molecule has 33 heavy (non-hydrogen) atoms. The van der Waals surface area contributed by atoms with Crippen LogP contribution in [0.4, 0.5) is 0 Å². The molecule has 1 N–H and O–H groups in total. The Kier molecular flexibility index (Phi) is 8.67. The van der Waals surface area contributed by atoms with Gasteiger partial charge < -0.3 is 10.2 Å². The molecule has 0 aromatic heterocycles. The van der Waals surface area contributed by atoms with Gasteiger partial charge in [-0.1, -0.05) is 72.3 Å². The monoisotopic (exact) mass is 462 g/mol. The lowest BCUT2D eigenvalue weighted by atomic mass is 10.00. The van der Waals surface area contributed by atoms with Crippen LogP contribution in [0.5, 0.6) is 0 Å². The number of halogens is 1. The van der Waals surface area contributed by atoms with Crippen LogP contribution in [0.2, 0.25) is 5.02 Å². The van der Waals surface area contributed by atoms with E-state index >= 15 is 0 Å². The lowest BCUT2D eigenvalue weighted by Crippen LogP contribution is -2.50. The summed E-state index contributed by atoms with van der Waals surface area (Å²) >= 11 is 6.06. The van der Waals surface area contributed by atoms with Crippen molar-refractivity contribution in [2.24, 2.45) is 0 Å². The predicted octanol–water partition coefficient (Wildman–Crippen LogP) is 5.28. The molecule has 0 saturated heterocycles. The number of likely N-dealkylation sites (N-methyl/N-ethyl adjacent to an activating group) is 1. The Morgan fingerprint density at radius 3 is 2.18 bits per heavy atom. The number of carbonyl (C=O) groups is 2. The third-order valence-electron chi connectivity index (χ3n) is 5.81. The average Bonchev–Trinajstić information content (AvgIpc) is 2.80. The molecule has 0 aliphatic heterocycles. The van der Waals surface area contributed by atoms with E-state index in [1.54, 1.807) is 17.0 Å². The minimum Gasteiger partial charge on any atom is -0.355 e. The maximum Gasteiger partial charge on any atom is 0.243 e. The molecule has 2 amide bonds. The molecule has 3 rings (SSSR count). The molecule has 0 bridgehead atoms. The second-order valence-corrected chi connectivity index (χ2v) is 8.78. The number of benzene rings is 3. The molecule has 0 aliphatic rings. The van der Waals surface area contributed by atoms with Gasteiger partial charge in [-0.25, -0.2) is 0 Å². The SMILES string of the molecule is CCNC(=O)[C@@H](Cc1ccccc1)N(Cc1ccc(Cl)cc1)C(=O)Cc1ccc(C)c(C)c1. The normalized spacial score (nSPS) is 11.6. The number of nitrogens with zero attached hydrogens (tertiary/aromatic N) is 1. The van der Waals surface area contributed by atoms with Crippen LogP contribution >= 0.6 is 11.6 Å². The lowest BCUT2D eigenvalue weighted by Gasteiger charge is -2.31. The van der Waals surface area contributed by atoms with Crippen LogP contribution in [0.1, 0.15) is 34.7 Å². The van der Waals surface area contributed by atoms with Crippen LogP contribution in [-0.4, -0.2) is 29.3 Å². The molecule has 3 aromatic rings. The second kappa shape index (κ2) is 11.7. The van der Waals surface area contributed by atoms with Crippen molar-refractivity contribution in [2.75, 3.05) is 6.54 Å². The Hall–Kier alpha value is -3.11. The molecular weight excluding hydrogens is 432 g/mol. The quantitative estimate of drug-likeness (QED) is 0.470. The van der Waals surface area contributed by atoms with Gasteiger partial charge in [-0.15, -0.1) is 0 Å². The zero-order valence-electron chi connectivity index (χ0n) is 19.5. The van der Waals surface area contributed by atoms with Gasteiger partial charge in [0.05, 0.1) is 6.42 Å². The van der Waals surface area contributed by atoms with Gasteiger partial charge in [0.2, 0.25) is 11.8 Å². The molecule has 1 atom stereocenters. The summed E-state index contributed by atoms with van der Waals surface area (Å²) < 4.78 is 0. The molecule has 0 heterocycles. The highest BCUT2D eigenvalue weighted by Crippen LogP contribution is 2.19. The van der Waals surface area contributed by atoms with Crippen molar-refractivity contribution in [1.82, 2.24) is 10.2 Å². The van der Waals surface area contributed by atoms with E-state index in [2.05, 4.69) is 12.2 Å². The summed E-state index contributed by atoms with van der Waals surface area (Å²) in [6.07, 6.45) is 0.679. The molecule has 0 radical (unpaired) electrons. The number of nitrogens with one attached hydrogen (secondary N) is 1. The minimum atomic E-state index is -0.623. The first-order chi connectivity index (χ1) is 15.9. The summed E-state index contributed by atoms with van der Waals surface area (Å²) in [7, 11) is 0. The Morgan fingerprint density at radius 1 is 0.879 bits per heavy atom. The molecule has 0 unspecified atom stereocenters. The van der Waals surface area contributed by atoms with E-state index in [0.29, 0.717) is 24.5 Å². The number of amides is 2. The van der Waals surface area contributed by atoms with Gasteiger partial charge in [0, 0.05) is 24.5 Å². The smallest absolute Gasteiger partial charge is 0.243 e. The highest BCUT2D eigenvalue weighted by molar-refractivity contribution is 6.30. The van der Waals surface area contributed by atoms with E-state index in [9.17, 15) is 9.59 Å². The first-order valence-corrected chi connectivity index (χ1v) is 11.7. The van der Waals surface area contributed by atoms with E-state index in [4.69, 9.17) is 11.6 Å². The Morgan fingerprint density at radius 2 is 1.55 bits per heavy atom. The molecule has 0 aliphatic carbocycles. The van der Waals surface area contributed by atoms with E-state index < -0.39 is 6.04 Å². The summed E-state index contributed by atoms with van der Waals surface area (Å²) in [5.41, 5.74) is 5.21. The van der Waals surface area contributed by atoms with Crippen molar-refractivity contribution >= 4 is 23.4 Å². The van der Waals surface area contributed by atoms with E-state index in [-0.39, 0.29) is 18.2 Å². The van der Waals surface area contributed by atoms with Crippen LogP contribution in [0.15, 0.2) is 72.8 Å². The van der Waals surface area contributed by atoms with Gasteiger partial charge in [0.15, 0.2) is 0 Å². The molecule has 3 aromatic carbocycles. The first kappa shape index (κ1) is 24.5. The standard InChI is InChI=1S/C28H31ClN2O2/c1-4-30-28(33)26(17-22-8-6-5-7-9-22)31(19-23-12-14-25(29)15-13-23)27(32)18-24-11-10-20(2)21(3)16-24/h5-16,26H,4,17-19H2,1-3H3,(H,30,33)/t26-/m1/s1. The summed E-state index contributed by atoms with van der Waals surface area (Å²) in [6.45, 7) is 6.82. The zero-order valence-corrected chi connectivity index (χ0v) is 20.2. The van der Waals surface area contributed by atoms with Crippen molar-refractivity contribution in [3.8, 4) is 0 Å².